The fraction of sp³-hybridized carbons (Fsp3) is 0.429. The lowest BCUT2D eigenvalue weighted by atomic mass is 10.2. The van der Waals surface area contributed by atoms with Gasteiger partial charge in [0.25, 0.3) is 0 Å². The van der Waals surface area contributed by atoms with Crippen LogP contribution in [0.1, 0.15) is 13.8 Å². The second-order valence-corrected chi connectivity index (χ2v) is 2.17. The Hall–Kier alpha value is -0.920. The highest BCUT2D eigenvalue weighted by atomic mass is 16.5. The Morgan fingerprint density at radius 3 is 2.78 bits per heavy atom. The van der Waals surface area contributed by atoms with Crippen LogP contribution in [-0.2, 0) is 4.74 Å². The molecule has 1 heterocycles. The SMILES string of the molecule is CC1=CC(O)=CC(C)O1. The molecule has 2 heteroatoms. The van der Waals surface area contributed by atoms with Crippen LogP contribution in [0, 0.1) is 0 Å². The Labute approximate surface area is 54.5 Å². The molecular weight excluding hydrogens is 116 g/mol. The number of aliphatic hydroxyl groups is 1. The van der Waals surface area contributed by atoms with Crippen molar-refractivity contribution in [3.63, 3.8) is 0 Å². The summed E-state index contributed by atoms with van der Waals surface area (Å²) in [4.78, 5) is 0. The van der Waals surface area contributed by atoms with Crippen LogP contribution in [0.15, 0.2) is 23.7 Å². The van der Waals surface area contributed by atoms with Crippen LogP contribution in [-0.4, -0.2) is 11.2 Å². The lowest BCUT2D eigenvalue weighted by Gasteiger charge is -2.15. The number of rotatable bonds is 0. The Morgan fingerprint density at radius 1 is 1.67 bits per heavy atom. The molecule has 1 aliphatic heterocycles. The van der Waals surface area contributed by atoms with Crippen LogP contribution in [0.5, 0.6) is 0 Å². The minimum atomic E-state index is 0.00926. The highest BCUT2D eigenvalue weighted by molar-refractivity contribution is 5.18. The number of allylic oxidation sites excluding steroid dienone is 2. The predicted molar refractivity (Wildman–Crippen MR) is 35.0 cm³/mol. The molecule has 0 aromatic heterocycles. The van der Waals surface area contributed by atoms with Crippen molar-refractivity contribution in [2.45, 2.75) is 20.0 Å². The summed E-state index contributed by atoms with van der Waals surface area (Å²) in [5, 5.41) is 8.95. The molecule has 0 fully saturated rings. The summed E-state index contributed by atoms with van der Waals surface area (Å²) in [5.74, 6) is 1.06. The van der Waals surface area contributed by atoms with Gasteiger partial charge in [-0.25, -0.2) is 0 Å². The lowest BCUT2D eigenvalue weighted by molar-refractivity contribution is 0.159. The maximum absolute atomic E-state index is 8.95. The van der Waals surface area contributed by atoms with Crippen LogP contribution in [0.4, 0.5) is 0 Å². The number of hydrogen-bond donors (Lipinski definition) is 1. The summed E-state index contributed by atoms with van der Waals surface area (Å²) >= 11 is 0. The van der Waals surface area contributed by atoms with Gasteiger partial charge in [-0.2, -0.15) is 0 Å². The number of hydrogen-bond acceptors (Lipinski definition) is 2. The molecule has 1 unspecified atom stereocenters. The van der Waals surface area contributed by atoms with E-state index in [-0.39, 0.29) is 6.10 Å². The van der Waals surface area contributed by atoms with Gasteiger partial charge in [-0.3, -0.25) is 0 Å². The van der Waals surface area contributed by atoms with E-state index < -0.39 is 0 Å². The highest BCUT2D eigenvalue weighted by Crippen LogP contribution is 2.12. The van der Waals surface area contributed by atoms with Crippen molar-refractivity contribution < 1.29 is 9.84 Å². The first-order valence-electron chi connectivity index (χ1n) is 2.94. The maximum Gasteiger partial charge on any atom is 0.118 e. The standard InChI is InChI=1S/C7H10O2/c1-5-3-7(8)4-6(2)9-5/h3-5,8H,1-2H3. The van der Waals surface area contributed by atoms with E-state index in [9.17, 15) is 0 Å². The summed E-state index contributed by atoms with van der Waals surface area (Å²) in [7, 11) is 0. The zero-order valence-corrected chi connectivity index (χ0v) is 5.59. The monoisotopic (exact) mass is 126 g/mol. The molecule has 1 N–H and O–H groups in total. The van der Waals surface area contributed by atoms with Crippen molar-refractivity contribution in [3.8, 4) is 0 Å². The van der Waals surface area contributed by atoms with Crippen molar-refractivity contribution in [2.24, 2.45) is 0 Å². The van der Waals surface area contributed by atoms with E-state index in [1.807, 2.05) is 13.8 Å². The van der Waals surface area contributed by atoms with E-state index in [1.54, 1.807) is 12.2 Å². The molecule has 0 aromatic rings. The Morgan fingerprint density at radius 2 is 2.33 bits per heavy atom. The third kappa shape index (κ3) is 1.49. The molecule has 0 saturated heterocycles. The second-order valence-electron chi connectivity index (χ2n) is 2.17. The molecule has 0 spiro atoms. The van der Waals surface area contributed by atoms with E-state index in [2.05, 4.69) is 0 Å². The molecule has 9 heavy (non-hydrogen) atoms. The molecule has 1 aliphatic rings. The van der Waals surface area contributed by atoms with E-state index in [0.717, 1.165) is 5.76 Å². The Bertz CT molecular complexity index is 168. The average molecular weight is 126 g/mol. The van der Waals surface area contributed by atoms with Crippen molar-refractivity contribution in [3.05, 3.63) is 23.7 Å². The van der Waals surface area contributed by atoms with E-state index in [0.29, 0.717) is 5.76 Å². The summed E-state index contributed by atoms with van der Waals surface area (Å²) in [6, 6.07) is 0. The minimum absolute atomic E-state index is 0.00926. The molecule has 2 nitrogen and oxygen atoms in total. The molecule has 0 aliphatic carbocycles. The maximum atomic E-state index is 8.95. The number of ether oxygens (including phenoxy) is 1. The molecular formula is C7H10O2. The first-order chi connectivity index (χ1) is 4.18. The topological polar surface area (TPSA) is 29.5 Å². The normalized spacial score (nSPS) is 26.2. The van der Waals surface area contributed by atoms with Crippen molar-refractivity contribution in [2.75, 3.05) is 0 Å². The van der Waals surface area contributed by atoms with Gasteiger partial charge in [0, 0.05) is 6.08 Å². The second kappa shape index (κ2) is 2.13. The average Bonchev–Trinajstić information content (AvgIpc) is 1.59. The van der Waals surface area contributed by atoms with Gasteiger partial charge in [-0.15, -0.1) is 0 Å². The van der Waals surface area contributed by atoms with Crippen LogP contribution >= 0.6 is 0 Å². The molecule has 0 amide bonds. The molecule has 0 saturated carbocycles. The van der Waals surface area contributed by atoms with Crippen molar-refractivity contribution >= 4 is 0 Å². The van der Waals surface area contributed by atoms with Gasteiger partial charge in [0.05, 0.1) is 5.76 Å². The van der Waals surface area contributed by atoms with Gasteiger partial charge in [0.15, 0.2) is 0 Å². The van der Waals surface area contributed by atoms with Crippen LogP contribution < -0.4 is 0 Å². The predicted octanol–water partition coefficient (Wildman–Crippen LogP) is 1.75. The van der Waals surface area contributed by atoms with Gasteiger partial charge in [-0.1, -0.05) is 0 Å². The largest absolute Gasteiger partial charge is 0.508 e. The fourth-order valence-corrected chi connectivity index (χ4v) is 0.858. The molecule has 50 valence electrons. The zero-order chi connectivity index (χ0) is 6.85. The smallest absolute Gasteiger partial charge is 0.118 e. The lowest BCUT2D eigenvalue weighted by Crippen LogP contribution is -2.07. The molecule has 0 aromatic carbocycles. The van der Waals surface area contributed by atoms with E-state index >= 15 is 0 Å². The minimum Gasteiger partial charge on any atom is -0.508 e. The zero-order valence-electron chi connectivity index (χ0n) is 5.59. The van der Waals surface area contributed by atoms with Gasteiger partial charge in [0.1, 0.15) is 11.9 Å². The first kappa shape index (κ1) is 6.20. The summed E-state index contributed by atoms with van der Waals surface area (Å²) < 4.78 is 5.18. The third-order valence-corrected chi connectivity index (χ3v) is 1.13. The van der Waals surface area contributed by atoms with E-state index in [1.165, 1.54) is 0 Å². The third-order valence-electron chi connectivity index (χ3n) is 1.13. The van der Waals surface area contributed by atoms with Gasteiger partial charge >= 0.3 is 0 Å². The summed E-state index contributed by atoms with van der Waals surface area (Å²) in [5.41, 5.74) is 0. The van der Waals surface area contributed by atoms with Crippen LogP contribution in [0.3, 0.4) is 0 Å². The van der Waals surface area contributed by atoms with Crippen LogP contribution in [0.25, 0.3) is 0 Å². The molecule has 1 rings (SSSR count). The van der Waals surface area contributed by atoms with Gasteiger partial charge < -0.3 is 9.84 Å². The van der Waals surface area contributed by atoms with Crippen LogP contribution in [0.2, 0.25) is 0 Å². The summed E-state index contributed by atoms with van der Waals surface area (Å²) in [6.07, 6.45) is 3.27. The van der Waals surface area contributed by atoms with Crippen molar-refractivity contribution in [1.82, 2.24) is 0 Å². The molecule has 0 radical (unpaired) electrons. The highest BCUT2D eigenvalue weighted by Gasteiger charge is 2.06. The summed E-state index contributed by atoms with van der Waals surface area (Å²) in [6.45, 7) is 3.70. The van der Waals surface area contributed by atoms with Gasteiger partial charge in [0.2, 0.25) is 0 Å². The first-order valence-corrected chi connectivity index (χ1v) is 2.94. The van der Waals surface area contributed by atoms with Crippen molar-refractivity contribution in [1.29, 1.82) is 0 Å². The number of aliphatic hydroxyl groups excluding tert-OH is 1. The Balaban J connectivity index is 2.74. The quantitative estimate of drug-likeness (QED) is 0.535. The fourth-order valence-electron chi connectivity index (χ4n) is 0.858. The Kier molecular flexibility index (Phi) is 1.47. The molecule has 1 atom stereocenters. The molecule has 0 bridgehead atoms. The van der Waals surface area contributed by atoms with Gasteiger partial charge in [-0.05, 0) is 19.9 Å². The van der Waals surface area contributed by atoms with E-state index in [4.69, 9.17) is 9.84 Å².